The lowest BCUT2D eigenvalue weighted by molar-refractivity contribution is 0.600. The van der Waals surface area contributed by atoms with Crippen LogP contribution in [0, 0.1) is 0 Å². The fourth-order valence-electron chi connectivity index (χ4n) is 1.18. The number of nitrogens with one attached hydrogen (secondary N) is 1. The molecule has 0 saturated heterocycles. The molecular formula is C8H7Cl2N3O2S2. The molecule has 0 aliphatic rings. The van der Waals surface area contributed by atoms with Crippen molar-refractivity contribution in [2.75, 3.05) is 4.72 Å². The quantitative estimate of drug-likeness (QED) is 0.947. The van der Waals surface area contributed by atoms with E-state index in [-0.39, 0.29) is 9.23 Å². The molecule has 2 rings (SSSR count). The lowest BCUT2D eigenvalue weighted by atomic mass is 10.7. The van der Waals surface area contributed by atoms with Crippen molar-refractivity contribution in [2.45, 2.75) is 4.90 Å². The highest BCUT2D eigenvalue weighted by atomic mass is 35.5. The Labute approximate surface area is 112 Å². The summed E-state index contributed by atoms with van der Waals surface area (Å²) in [4.78, 5) is -0.0321. The number of aryl methyl sites for hydroxylation is 1. The number of halogens is 2. The number of sulfonamides is 1. The molecule has 5 nitrogen and oxygen atoms in total. The summed E-state index contributed by atoms with van der Waals surface area (Å²) in [6.45, 7) is 0. The van der Waals surface area contributed by atoms with Crippen molar-refractivity contribution in [1.29, 1.82) is 0 Å². The molecule has 92 valence electrons. The third-order valence-electron chi connectivity index (χ3n) is 1.97. The molecule has 0 amide bonds. The second-order valence-corrected chi connectivity index (χ2v) is 7.07. The molecule has 0 aromatic carbocycles. The van der Waals surface area contributed by atoms with Crippen LogP contribution in [0.4, 0.5) is 5.82 Å². The summed E-state index contributed by atoms with van der Waals surface area (Å²) < 4.78 is 28.2. The van der Waals surface area contributed by atoms with Crippen molar-refractivity contribution in [3.63, 3.8) is 0 Å². The van der Waals surface area contributed by atoms with Crippen molar-refractivity contribution >= 4 is 50.4 Å². The van der Waals surface area contributed by atoms with Gasteiger partial charge < -0.3 is 0 Å². The number of thiophene rings is 1. The van der Waals surface area contributed by atoms with Crippen LogP contribution in [-0.2, 0) is 17.1 Å². The number of aromatic nitrogens is 2. The Kier molecular flexibility index (Phi) is 3.35. The van der Waals surface area contributed by atoms with Crippen molar-refractivity contribution in [3.8, 4) is 0 Å². The van der Waals surface area contributed by atoms with Gasteiger partial charge in [0.05, 0.1) is 10.5 Å². The number of hydrogen-bond acceptors (Lipinski definition) is 4. The summed E-state index contributed by atoms with van der Waals surface area (Å²) in [5, 5.41) is 3.86. The summed E-state index contributed by atoms with van der Waals surface area (Å²) in [6, 6.07) is 2.85. The largest absolute Gasteiger partial charge is 0.265 e. The van der Waals surface area contributed by atoms with E-state index in [0.717, 1.165) is 11.3 Å². The maximum Gasteiger partial charge on any atom is 0.265 e. The van der Waals surface area contributed by atoms with Crippen molar-refractivity contribution < 1.29 is 8.42 Å². The average molecular weight is 312 g/mol. The molecule has 0 atom stereocenters. The van der Waals surface area contributed by atoms with Crippen LogP contribution in [0.3, 0.4) is 0 Å². The minimum Gasteiger partial charge on any atom is -0.264 e. The van der Waals surface area contributed by atoms with Gasteiger partial charge in [-0.1, -0.05) is 23.2 Å². The molecule has 0 radical (unpaired) electrons. The van der Waals surface area contributed by atoms with Crippen LogP contribution in [0.15, 0.2) is 23.2 Å². The van der Waals surface area contributed by atoms with E-state index in [4.69, 9.17) is 23.2 Å². The summed E-state index contributed by atoms with van der Waals surface area (Å²) in [6.07, 6.45) is 1.49. The van der Waals surface area contributed by atoms with Crippen LogP contribution in [0.25, 0.3) is 0 Å². The van der Waals surface area contributed by atoms with E-state index < -0.39 is 10.0 Å². The minimum atomic E-state index is -3.73. The summed E-state index contributed by atoms with van der Waals surface area (Å²) in [7, 11) is -2.11. The van der Waals surface area contributed by atoms with Gasteiger partial charge in [0.15, 0.2) is 0 Å². The molecule has 0 saturated carbocycles. The van der Waals surface area contributed by atoms with Gasteiger partial charge in [-0.15, -0.1) is 11.3 Å². The number of anilines is 1. The van der Waals surface area contributed by atoms with Gasteiger partial charge in [0, 0.05) is 13.1 Å². The van der Waals surface area contributed by atoms with Crippen molar-refractivity contribution in [3.05, 3.63) is 27.0 Å². The zero-order valence-corrected chi connectivity index (χ0v) is 11.7. The fraction of sp³-hybridized carbons (Fsp3) is 0.125. The molecule has 0 aliphatic heterocycles. The molecule has 2 aromatic heterocycles. The highest BCUT2D eigenvalue weighted by Crippen LogP contribution is 2.34. The van der Waals surface area contributed by atoms with Crippen molar-refractivity contribution in [1.82, 2.24) is 9.78 Å². The van der Waals surface area contributed by atoms with Crippen molar-refractivity contribution in [2.24, 2.45) is 7.05 Å². The Morgan fingerprint density at radius 1 is 1.47 bits per heavy atom. The second kappa shape index (κ2) is 4.49. The highest BCUT2D eigenvalue weighted by Gasteiger charge is 2.21. The molecule has 0 fully saturated rings. The predicted octanol–water partition coefficient (Wildman–Crippen LogP) is 2.59. The molecule has 9 heteroatoms. The van der Waals surface area contributed by atoms with E-state index in [9.17, 15) is 8.42 Å². The molecular weight excluding hydrogens is 305 g/mol. The van der Waals surface area contributed by atoms with Crippen LogP contribution in [-0.4, -0.2) is 18.2 Å². The maximum absolute atomic E-state index is 12.0. The molecule has 0 aliphatic carbocycles. The van der Waals surface area contributed by atoms with Gasteiger partial charge in [-0.3, -0.25) is 9.40 Å². The van der Waals surface area contributed by atoms with Crippen LogP contribution < -0.4 is 4.72 Å². The molecule has 17 heavy (non-hydrogen) atoms. The zero-order chi connectivity index (χ0) is 12.6. The van der Waals surface area contributed by atoms with E-state index in [0.29, 0.717) is 10.2 Å². The average Bonchev–Trinajstić information content (AvgIpc) is 2.74. The van der Waals surface area contributed by atoms with E-state index in [1.807, 2.05) is 0 Å². The Hall–Kier alpha value is -0.760. The van der Waals surface area contributed by atoms with Gasteiger partial charge in [0.25, 0.3) is 10.0 Å². The summed E-state index contributed by atoms with van der Waals surface area (Å²) in [5.74, 6) is 0.350. The van der Waals surface area contributed by atoms with Crippen LogP contribution >= 0.6 is 34.5 Å². The lowest BCUT2D eigenvalue weighted by Gasteiger charge is -2.06. The molecule has 0 bridgehead atoms. The minimum absolute atomic E-state index is 0.0321. The maximum atomic E-state index is 12.0. The standard InChI is InChI=1S/C8H7Cl2N3O2S2/c1-13-7(2-3-11-13)12-17(14,15)5-4-6(9)16-8(5)10/h2-4,12H,1H3. The number of hydrogen-bond donors (Lipinski definition) is 1. The van der Waals surface area contributed by atoms with E-state index in [1.165, 1.54) is 16.9 Å². The first kappa shape index (κ1) is 12.7. The monoisotopic (exact) mass is 311 g/mol. The summed E-state index contributed by atoms with van der Waals surface area (Å²) in [5.41, 5.74) is 0. The molecule has 0 spiro atoms. The first-order chi connectivity index (χ1) is 7.90. The van der Waals surface area contributed by atoms with Gasteiger partial charge in [-0.25, -0.2) is 8.42 Å². The van der Waals surface area contributed by atoms with E-state index in [2.05, 4.69) is 9.82 Å². The number of nitrogens with zero attached hydrogens (tertiary/aromatic N) is 2. The Morgan fingerprint density at radius 3 is 2.65 bits per heavy atom. The lowest BCUT2D eigenvalue weighted by Crippen LogP contribution is -2.15. The van der Waals surface area contributed by atoms with Gasteiger partial charge >= 0.3 is 0 Å². The fourth-order valence-corrected chi connectivity index (χ4v) is 4.41. The molecule has 0 unspecified atom stereocenters. The van der Waals surface area contributed by atoms with Gasteiger partial charge in [-0.05, 0) is 6.07 Å². The number of rotatable bonds is 3. The Bertz CT molecular complexity index is 648. The topological polar surface area (TPSA) is 64.0 Å². The van der Waals surface area contributed by atoms with E-state index >= 15 is 0 Å². The third kappa shape index (κ3) is 2.57. The predicted molar refractivity (Wildman–Crippen MR) is 68.4 cm³/mol. The van der Waals surface area contributed by atoms with Crippen LogP contribution in [0.5, 0.6) is 0 Å². The molecule has 1 N–H and O–H groups in total. The van der Waals surface area contributed by atoms with Gasteiger partial charge in [0.2, 0.25) is 0 Å². The van der Waals surface area contributed by atoms with Crippen LogP contribution in [0.1, 0.15) is 0 Å². The SMILES string of the molecule is Cn1nccc1NS(=O)(=O)c1cc(Cl)sc1Cl. The molecule has 2 aromatic rings. The Morgan fingerprint density at radius 2 is 2.18 bits per heavy atom. The first-order valence-electron chi connectivity index (χ1n) is 4.36. The summed E-state index contributed by atoms with van der Waals surface area (Å²) >= 11 is 12.5. The van der Waals surface area contributed by atoms with Gasteiger partial charge in [-0.2, -0.15) is 5.10 Å². The normalized spacial score (nSPS) is 11.7. The Balaban J connectivity index is 2.38. The second-order valence-electron chi connectivity index (χ2n) is 3.13. The van der Waals surface area contributed by atoms with E-state index in [1.54, 1.807) is 13.1 Å². The first-order valence-corrected chi connectivity index (χ1v) is 7.41. The van der Waals surface area contributed by atoms with Gasteiger partial charge in [0.1, 0.15) is 15.0 Å². The highest BCUT2D eigenvalue weighted by molar-refractivity contribution is 7.93. The third-order valence-corrected chi connectivity index (χ3v) is 5.08. The van der Waals surface area contributed by atoms with Crippen LogP contribution in [0.2, 0.25) is 8.67 Å². The smallest absolute Gasteiger partial charge is 0.264 e. The zero-order valence-electron chi connectivity index (χ0n) is 8.52. The molecule has 2 heterocycles.